The fourth-order valence-corrected chi connectivity index (χ4v) is 6.02. The number of carbonyl (C=O) groups is 1. The summed E-state index contributed by atoms with van der Waals surface area (Å²) >= 11 is 6.00. The molecule has 1 heterocycles. The van der Waals surface area contributed by atoms with Gasteiger partial charge in [0.25, 0.3) is 10.1 Å². The number of aliphatic hydroxyl groups is 2. The minimum absolute atomic E-state index is 0.0431. The van der Waals surface area contributed by atoms with Crippen LogP contribution in [0.4, 0.5) is 0 Å². The van der Waals surface area contributed by atoms with E-state index in [1.807, 2.05) is 6.08 Å². The molecule has 1 saturated heterocycles. The number of nitrogens with one attached hydrogen (secondary N) is 2. The van der Waals surface area contributed by atoms with Crippen LogP contribution in [0.3, 0.4) is 0 Å². The average molecular weight is 533 g/mol. The van der Waals surface area contributed by atoms with E-state index in [1.165, 1.54) is 0 Å². The Morgan fingerprint density at radius 2 is 1.94 bits per heavy atom. The van der Waals surface area contributed by atoms with Crippen LogP contribution < -0.4 is 10.6 Å². The third kappa shape index (κ3) is 9.98. The lowest BCUT2D eigenvalue weighted by atomic mass is 9.72. The maximum Gasteiger partial charge on any atom is 0.266 e. The molecule has 0 unspecified atom stereocenters. The number of amides is 1. The van der Waals surface area contributed by atoms with Crippen molar-refractivity contribution in [3.63, 3.8) is 0 Å². The Kier molecular flexibility index (Phi) is 11.9. The van der Waals surface area contributed by atoms with Gasteiger partial charge >= 0.3 is 0 Å². The van der Waals surface area contributed by atoms with Gasteiger partial charge < -0.3 is 20.8 Å². The fraction of sp³-hybridized carbons (Fsp3) is 0.720. The van der Waals surface area contributed by atoms with Crippen molar-refractivity contribution in [3.05, 3.63) is 34.9 Å². The minimum atomic E-state index is -4.10. The van der Waals surface area contributed by atoms with Crippen molar-refractivity contribution in [1.82, 2.24) is 10.6 Å². The van der Waals surface area contributed by atoms with Crippen LogP contribution >= 0.6 is 11.6 Å². The molecule has 8 nitrogen and oxygen atoms in total. The van der Waals surface area contributed by atoms with Crippen molar-refractivity contribution < 1.29 is 28.0 Å². The Labute approximate surface area is 214 Å². The first-order valence-corrected chi connectivity index (χ1v) is 14.5. The van der Waals surface area contributed by atoms with E-state index >= 15 is 0 Å². The van der Waals surface area contributed by atoms with Crippen LogP contribution in [-0.2, 0) is 14.9 Å². The monoisotopic (exact) mass is 532 g/mol. The summed E-state index contributed by atoms with van der Waals surface area (Å²) in [6.45, 7) is 3.72. The normalized spacial score (nSPS) is 27.9. The molecule has 5 N–H and O–H groups in total. The quantitative estimate of drug-likeness (QED) is 0.148. The minimum Gasteiger partial charge on any atom is -0.396 e. The SMILES string of the molecule is C/C(=C\C[C@H]1CCC[C@]2(CCC[C@@H]2[C@@H](C)/C=C/[C@@H](O)/C=C(\Cl)CCO)N1)C(=O)NCCS(=O)(=O)O. The molecular weight excluding hydrogens is 492 g/mol. The zero-order valence-corrected chi connectivity index (χ0v) is 22.3. The highest BCUT2D eigenvalue weighted by Crippen LogP contribution is 2.46. The molecule has 5 atom stereocenters. The molecule has 0 aromatic carbocycles. The van der Waals surface area contributed by atoms with Crippen molar-refractivity contribution in [1.29, 1.82) is 0 Å². The highest BCUT2D eigenvalue weighted by Gasteiger charge is 2.46. The van der Waals surface area contributed by atoms with E-state index in [4.69, 9.17) is 21.3 Å². The van der Waals surface area contributed by atoms with Crippen LogP contribution in [0.15, 0.2) is 34.9 Å². The van der Waals surface area contributed by atoms with Gasteiger partial charge in [-0.05, 0) is 56.9 Å². The Hall–Kier alpha value is -1.23. The maximum absolute atomic E-state index is 12.2. The standard InChI is InChI=1S/C25H41ClN2O6S/c1-18(8-10-22(30)17-20(26)11-15-29)23-6-4-13-25(23)12-3-5-21(28-25)9-7-19(2)24(31)27-14-16-35(32,33)34/h7-8,10,17-18,21-23,28-30H,3-6,9,11-16H2,1-2H3,(H,27,31)(H,32,33,34)/b10-8+,19-7+,20-17-/t18-,21+,22+,23+,25+/m0/s1. The zero-order chi connectivity index (χ0) is 26.1. The van der Waals surface area contributed by atoms with Gasteiger partial charge in [-0.3, -0.25) is 9.35 Å². The maximum atomic E-state index is 12.2. The van der Waals surface area contributed by atoms with Gasteiger partial charge in [-0.25, -0.2) is 0 Å². The zero-order valence-electron chi connectivity index (χ0n) is 20.7. The van der Waals surface area contributed by atoms with E-state index in [0.29, 0.717) is 29.4 Å². The smallest absolute Gasteiger partial charge is 0.266 e. The van der Waals surface area contributed by atoms with E-state index in [2.05, 4.69) is 23.6 Å². The Bertz CT molecular complexity index is 904. The molecule has 2 aliphatic rings. The number of hydrogen-bond acceptors (Lipinski definition) is 6. The molecule has 0 aromatic rings. The highest BCUT2D eigenvalue weighted by molar-refractivity contribution is 7.85. The van der Waals surface area contributed by atoms with Gasteiger partial charge in [-0.15, -0.1) is 0 Å². The second-order valence-corrected chi connectivity index (χ2v) is 11.9. The van der Waals surface area contributed by atoms with Crippen molar-refractivity contribution in [3.8, 4) is 0 Å². The van der Waals surface area contributed by atoms with Crippen LogP contribution in [0, 0.1) is 11.8 Å². The van der Waals surface area contributed by atoms with Crippen molar-refractivity contribution in [2.24, 2.45) is 11.8 Å². The van der Waals surface area contributed by atoms with Gasteiger partial charge in [-0.2, -0.15) is 8.42 Å². The Morgan fingerprint density at radius 3 is 2.60 bits per heavy atom. The molecule has 0 radical (unpaired) electrons. The van der Waals surface area contributed by atoms with Gasteiger partial charge in [0.15, 0.2) is 0 Å². The molecule has 35 heavy (non-hydrogen) atoms. The predicted octanol–water partition coefficient (Wildman–Crippen LogP) is 3.07. The number of aliphatic hydroxyl groups excluding tert-OH is 2. The van der Waals surface area contributed by atoms with E-state index < -0.39 is 22.0 Å². The largest absolute Gasteiger partial charge is 0.396 e. The van der Waals surface area contributed by atoms with E-state index in [-0.39, 0.29) is 36.6 Å². The fourth-order valence-electron chi connectivity index (χ4n) is 5.45. The molecule has 0 aromatic heterocycles. The molecule has 1 aliphatic heterocycles. The van der Waals surface area contributed by atoms with Gasteiger partial charge in [0.1, 0.15) is 0 Å². The summed E-state index contributed by atoms with van der Waals surface area (Å²) in [6.07, 6.45) is 14.2. The topological polar surface area (TPSA) is 136 Å². The number of rotatable bonds is 12. The summed E-state index contributed by atoms with van der Waals surface area (Å²) in [4.78, 5) is 12.2. The van der Waals surface area contributed by atoms with E-state index in [9.17, 15) is 18.3 Å². The van der Waals surface area contributed by atoms with Crippen LogP contribution in [0.1, 0.15) is 65.2 Å². The lowest BCUT2D eigenvalue weighted by Gasteiger charge is -2.45. The van der Waals surface area contributed by atoms with Gasteiger partial charge in [0.05, 0.1) is 11.9 Å². The lowest BCUT2D eigenvalue weighted by Crippen LogP contribution is -2.56. The second-order valence-electron chi connectivity index (χ2n) is 9.87. The van der Waals surface area contributed by atoms with Crippen molar-refractivity contribution in [2.75, 3.05) is 18.9 Å². The third-order valence-corrected chi connectivity index (χ3v) is 8.21. The molecule has 1 saturated carbocycles. The first-order chi connectivity index (χ1) is 16.5. The number of hydrogen-bond donors (Lipinski definition) is 5. The Balaban J connectivity index is 1.95. The van der Waals surface area contributed by atoms with Gasteiger partial charge in [-0.1, -0.05) is 49.6 Å². The van der Waals surface area contributed by atoms with Gasteiger partial charge in [0, 0.05) is 41.8 Å². The highest BCUT2D eigenvalue weighted by atomic mass is 35.5. The van der Waals surface area contributed by atoms with Crippen molar-refractivity contribution >= 4 is 27.6 Å². The molecule has 1 spiro atoms. The summed E-state index contributed by atoms with van der Waals surface area (Å²) in [6, 6.07) is 0.256. The summed E-state index contributed by atoms with van der Waals surface area (Å²) in [7, 11) is -4.10. The lowest BCUT2D eigenvalue weighted by molar-refractivity contribution is -0.117. The number of allylic oxidation sites excluding steroid dienone is 1. The van der Waals surface area contributed by atoms with Crippen LogP contribution in [0.25, 0.3) is 0 Å². The first kappa shape index (κ1) is 30.0. The molecule has 200 valence electrons. The van der Waals surface area contributed by atoms with Crippen LogP contribution in [0.5, 0.6) is 0 Å². The van der Waals surface area contributed by atoms with E-state index in [1.54, 1.807) is 19.1 Å². The third-order valence-electron chi connectivity index (χ3n) is 7.18. The summed E-state index contributed by atoms with van der Waals surface area (Å²) in [5, 5.41) is 26.0. The molecule has 0 bridgehead atoms. The predicted molar refractivity (Wildman–Crippen MR) is 139 cm³/mol. The summed E-state index contributed by atoms with van der Waals surface area (Å²) in [5.74, 6) is -0.118. The van der Waals surface area contributed by atoms with Crippen molar-refractivity contribution in [2.45, 2.75) is 82.9 Å². The first-order valence-electron chi connectivity index (χ1n) is 12.5. The molecule has 2 fully saturated rings. The van der Waals surface area contributed by atoms with Gasteiger partial charge in [0.2, 0.25) is 5.91 Å². The average Bonchev–Trinajstić information content (AvgIpc) is 3.17. The molecule has 2 rings (SSSR count). The number of halogens is 1. The summed E-state index contributed by atoms with van der Waals surface area (Å²) < 4.78 is 30.4. The molecule has 1 aliphatic carbocycles. The molecule has 1 amide bonds. The molecule has 10 heteroatoms. The van der Waals surface area contributed by atoms with Crippen LogP contribution in [0.2, 0.25) is 0 Å². The Morgan fingerprint density at radius 1 is 1.26 bits per heavy atom. The van der Waals surface area contributed by atoms with E-state index in [0.717, 1.165) is 38.5 Å². The number of carbonyl (C=O) groups excluding carboxylic acids is 1. The second kappa shape index (κ2) is 13.9. The number of piperidine rings is 1. The summed E-state index contributed by atoms with van der Waals surface area (Å²) in [5.41, 5.74) is 0.574. The molecular formula is C25H41ClN2O6S. The van der Waals surface area contributed by atoms with Crippen LogP contribution in [-0.4, -0.2) is 65.7 Å².